The van der Waals surface area contributed by atoms with Crippen LogP contribution in [0, 0.1) is 0 Å². The van der Waals surface area contributed by atoms with Gasteiger partial charge in [0.1, 0.15) is 5.65 Å². The predicted molar refractivity (Wildman–Crippen MR) is 85.5 cm³/mol. The molecule has 2 heterocycles. The average Bonchev–Trinajstić information content (AvgIpc) is 2.88. The molecule has 0 radical (unpaired) electrons. The van der Waals surface area contributed by atoms with E-state index in [0.717, 1.165) is 16.7 Å². The van der Waals surface area contributed by atoms with Gasteiger partial charge in [0.05, 0.1) is 0 Å². The highest BCUT2D eigenvalue weighted by atomic mass is 79.9. The summed E-state index contributed by atoms with van der Waals surface area (Å²) in [5.41, 5.74) is 3.45. The van der Waals surface area contributed by atoms with Gasteiger partial charge in [0.25, 0.3) is 0 Å². The first kappa shape index (κ1) is 13.3. The van der Waals surface area contributed by atoms with Crippen LogP contribution in [0.2, 0.25) is 0 Å². The van der Waals surface area contributed by atoms with Crippen LogP contribution in [0.3, 0.4) is 0 Å². The van der Waals surface area contributed by atoms with Gasteiger partial charge in [-0.3, -0.25) is 0 Å². The van der Waals surface area contributed by atoms with Crippen molar-refractivity contribution in [3.8, 4) is 0 Å². The van der Waals surface area contributed by atoms with E-state index in [4.69, 9.17) is 0 Å². The molecule has 0 aliphatic heterocycles. The Hall–Kier alpha value is -1.65. The number of hydrogen-bond donors (Lipinski definition) is 2. The number of nitrogens with one attached hydrogen (secondary N) is 2. The molecule has 0 saturated carbocycles. The van der Waals surface area contributed by atoms with Crippen LogP contribution in [-0.2, 0) is 6.54 Å². The zero-order chi connectivity index (χ0) is 13.9. The van der Waals surface area contributed by atoms with Crippen molar-refractivity contribution < 1.29 is 0 Å². The highest BCUT2D eigenvalue weighted by molar-refractivity contribution is 9.10. The highest BCUT2D eigenvalue weighted by Crippen LogP contribution is 2.23. The van der Waals surface area contributed by atoms with Crippen molar-refractivity contribution in [2.75, 3.05) is 0 Å². The number of H-pyrrole nitrogens is 1. The lowest BCUT2D eigenvalue weighted by Gasteiger charge is -2.15. The summed E-state index contributed by atoms with van der Waals surface area (Å²) in [7, 11) is 0. The topological polar surface area (TPSA) is 40.7 Å². The van der Waals surface area contributed by atoms with Gasteiger partial charge >= 0.3 is 0 Å². The Morgan fingerprint density at radius 1 is 1.25 bits per heavy atom. The molecule has 3 nitrogen and oxygen atoms in total. The molecule has 0 bridgehead atoms. The second-order valence-corrected chi connectivity index (χ2v) is 5.69. The second kappa shape index (κ2) is 5.77. The van der Waals surface area contributed by atoms with Gasteiger partial charge in [-0.1, -0.05) is 34.1 Å². The van der Waals surface area contributed by atoms with Crippen molar-refractivity contribution in [2.24, 2.45) is 0 Å². The van der Waals surface area contributed by atoms with Crippen molar-refractivity contribution in [3.63, 3.8) is 0 Å². The summed E-state index contributed by atoms with van der Waals surface area (Å²) in [4.78, 5) is 7.51. The first-order chi connectivity index (χ1) is 9.75. The Morgan fingerprint density at radius 2 is 2.10 bits per heavy atom. The monoisotopic (exact) mass is 329 g/mol. The zero-order valence-electron chi connectivity index (χ0n) is 11.2. The maximum atomic E-state index is 4.31. The number of halogens is 1. The van der Waals surface area contributed by atoms with Crippen molar-refractivity contribution in [1.82, 2.24) is 15.3 Å². The van der Waals surface area contributed by atoms with Crippen LogP contribution in [0.25, 0.3) is 11.0 Å². The molecule has 0 unspecified atom stereocenters. The maximum absolute atomic E-state index is 4.31. The average molecular weight is 330 g/mol. The van der Waals surface area contributed by atoms with Crippen LogP contribution >= 0.6 is 15.9 Å². The molecule has 2 aromatic heterocycles. The van der Waals surface area contributed by atoms with Crippen molar-refractivity contribution in [1.29, 1.82) is 0 Å². The molecule has 3 rings (SSSR count). The zero-order valence-corrected chi connectivity index (χ0v) is 12.8. The lowest BCUT2D eigenvalue weighted by molar-refractivity contribution is 0.574. The minimum absolute atomic E-state index is 0.284. The minimum atomic E-state index is 0.284. The second-order valence-electron chi connectivity index (χ2n) is 4.84. The molecule has 4 heteroatoms. The fourth-order valence-electron chi connectivity index (χ4n) is 2.36. The van der Waals surface area contributed by atoms with Crippen LogP contribution in [0.15, 0.2) is 53.3 Å². The van der Waals surface area contributed by atoms with E-state index in [2.05, 4.69) is 62.4 Å². The van der Waals surface area contributed by atoms with Crippen LogP contribution in [0.1, 0.15) is 24.1 Å². The molecule has 1 atom stereocenters. The molecule has 0 amide bonds. The number of rotatable bonds is 4. The largest absolute Gasteiger partial charge is 0.346 e. The van der Waals surface area contributed by atoms with Gasteiger partial charge in [0.15, 0.2) is 0 Å². The normalized spacial score (nSPS) is 12.7. The Balaban J connectivity index is 1.75. The Kier molecular flexibility index (Phi) is 3.85. The number of benzene rings is 1. The first-order valence-corrected chi connectivity index (χ1v) is 7.44. The van der Waals surface area contributed by atoms with Crippen molar-refractivity contribution in [2.45, 2.75) is 19.5 Å². The fraction of sp³-hybridized carbons (Fsp3) is 0.188. The Bertz CT molecular complexity index is 720. The predicted octanol–water partition coefficient (Wildman–Crippen LogP) is 4.18. The molecule has 0 saturated heterocycles. The molecule has 1 aromatic carbocycles. The number of pyridine rings is 1. The molecule has 0 aliphatic rings. The van der Waals surface area contributed by atoms with E-state index in [0.29, 0.717) is 0 Å². The van der Waals surface area contributed by atoms with Gasteiger partial charge in [-0.2, -0.15) is 0 Å². The van der Waals surface area contributed by atoms with Gasteiger partial charge in [-0.25, -0.2) is 4.98 Å². The van der Waals surface area contributed by atoms with Crippen LogP contribution in [0.4, 0.5) is 0 Å². The number of nitrogens with zero attached hydrogens (tertiary/aromatic N) is 1. The number of aromatic nitrogens is 2. The van der Waals surface area contributed by atoms with Gasteiger partial charge in [-0.15, -0.1) is 0 Å². The van der Waals surface area contributed by atoms with E-state index in [1.807, 2.05) is 18.3 Å². The van der Waals surface area contributed by atoms with Gasteiger partial charge < -0.3 is 10.3 Å². The molecule has 0 fully saturated rings. The Labute approximate surface area is 126 Å². The molecule has 20 heavy (non-hydrogen) atoms. The number of hydrogen-bond acceptors (Lipinski definition) is 2. The number of fused-ring (bicyclic) bond motifs is 1. The van der Waals surface area contributed by atoms with Gasteiger partial charge in [0.2, 0.25) is 0 Å². The number of aromatic amines is 1. The Morgan fingerprint density at radius 3 is 2.95 bits per heavy atom. The van der Waals surface area contributed by atoms with E-state index < -0.39 is 0 Å². The van der Waals surface area contributed by atoms with Crippen molar-refractivity contribution >= 4 is 27.0 Å². The van der Waals surface area contributed by atoms with E-state index in [9.17, 15) is 0 Å². The molecule has 0 aliphatic carbocycles. The summed E-state index contributed by atoms with van der Waals surface area (Å²) in [6, 6.07) is 12.7. The summed E-state index contributed by atoms with van der Waals surface area (Å²) in [5, 5.41) is 4.74. The van der Waals surface area contributed by atoms with Gasteiger partial charge in [-0.05, 0) is 36.2 Å². The summed E-state index contributed by atoms with van der Waals surface area (Å²) < 4.78 is 1.14. The van der Waals surface area contributed by atoms with Crippen LogP contribution in [-0.4, -0.2) is 9.97 Å². The molecule has 2 N–H and O–H groups in total. The summed E-state index contributed by atoms with van der Waals surface area (Å²) in [6.45, 7) is 2.99. The first-order valence-electron chi connectivity index (χ1n) is 6.64. The van der Waals surface area contributed by atoms with Crippen molar-refractivity contribution in [3.05, 3.63) is 64.4 Å². The summed E-state index contributed by atoms with van der Waals surface area (Å²) in [5.74, 6) is 0. The molecule has 3 aromatic rings. The smallest absolute Gasteiger partial charge is 0.137 e. The van der Waals surface area contributed by atoms with E-state index in [1.54, 1.807) is 6.20 Å². The lowest BCUT2D eigenvalue weighted by Crippen LogP contribution is -2.18. The maximum Gasteiger partial charge on any atom is 0.137 e. The SMILES string of the molecule is C[C@H](NCc1c[nH]c2ncccc12)c1ccccc1Br. The highest BCUT2D eigenvalue weighted by Gasteiger charge is 2.09. The minimum Gasteiger partial charge on any atom is -0.346 e. The quantitative estimate of drug-likeness (QED) is 0.753. The molecular formula is C16H16BrN3. The summed E-state index contributed by atoms with van der Waals surface area (Å²) >= 11 is 3.60. The third-order valence-electron chi connectivity index (χ3n) is 3.51. The molecule has 0 spiro atoms. The van der Waals surface area contributed by atoms with Gasteiger partial charge in [0, 0.05) is 34.8 Å². The van der Waals surface area contributed by atoms with E-state index in [1.165, 1.54) is 16.5 Å². The third-order valence-corrected chi connectivity index (χ3v) is 4.23. The van der Waals surface area contributed by atoms with E-state index >= 15 is 0 Å². The standard InChI is InChI=1S/C16H16BrN3/c1-11(13-5-2-3-7-15(13)17)19-9-12-10-20-16-14(12)6-4-8-18-16/h2-8,10-11,19H,9H2,1H3,(H,18,20)/t11-/m0/s1. The lowest BCUT2D eigenvalue weighted by atomic mass is 10.1. The van der Waals surface area contributed by atoms with Crippen LogP contribution in [0.5, 0.6) is 0 Å². The summed E-state index contributed by atoms with van der Waals surface area (Å²) in [6.07, 6.45) is 3.83. The third kappa shape index (κ3) is 2.62. The van der Waals surface area contributed by atoms with E-state index in [-0.39, 0.29) is 6.04 Å². The van der Waals surface area contributed by atoms with Crippen LogP contribution < -0.4 is 5.32 Å². The molecular weight excluding hydrogens is 314 g/mol. The fourth-order valence-corrected chi connectivity index (χ4v) is 2.99. The molecule has 102 valence electrons.